The molecule has 5 rings (SSSR count). The topological polar surface area (TPSA) is 75.9 Å². The lowest BCUT2D eigenvalue weighted by molar-refractivity contribution is -0.113. The summed E-state index contributed by atoms with van der Waals surface area (Å²) in [7, 11) is 0. The lowest BCUT2D eigenvalue weighted by Crippen LogP contribution is -2.18. The van der Waals surface area contributed by atoms with Crippen molar-refractivity contribution in [2.24, 2.45) is 0 Å². The fraction of sp³-hybridized carbons (Fsp3) is 0.259. The summed E-state index contributed by atoms with van der Waals surface area (Å²) in [6.45, 7) is 6.38. The zero-order valence-corrected chi connectivity index (χ0v) is 20.8. The van der Waals surface area contributed by atoms with Crippen LogP contribution in [-0.2, 0) is 4.79 Å². The zero-order chi connectivity index (χ0) is 24.2. The van der Waals surface area contributed by atoms with Crippen molar-refractivity contribution < 1.29 is 4.79 Å². The Hall–Kier alpha value is -3.65. The number of aromatic nitrogens is 4. The van der Waals surface area contributed by atoms with Crippen LogP contribution in [-0.4, -0.2) is 44.5 Å². The molecule has 1 aliphatic heterocycles. The maximum Gasteiger partial charge on any atom is 0.234 e. The van der Waals surface area contributed by atoms with E-state index in [2.05, 4.69) is 69.6 Å². The first-order valence-electron chi connectivity index (χ1n) is 11.8. The summed E-state index contributed by atoms with van der Waals surface area (Å²) in [6, 6.07) is 18.2. The molecule has 0 atom stereocenters. The normalized spacial score (nSPS) is 13.3. The number of carbonyl (C=O) groups excluding carboxylic acids is 1. The molecule has 8 heteroatoms. The van der Waals surface area contributed by atoms with E-state index >= 15 is 0 Å². The predicted octanol–water partition coefficient (Wildman–Crippen LogP) is 5.28. The van der Waals surface area contributed by atoms with Gasteiger partial charge in [0, 0.05) is 42.4 Å². The minimum atomic E-state index is -0.0796. The van der Waals surface area contributed by atoms with E-state index in [9.17, 15) is 4.79 Å². The van der Waals surface area contributed by atoms with Gasteiger partial charge in [-0.2, -0.15) is 0 Å². The van der Waals surface area contributed by atoms with E-state index in [0.29, 0.717) is 5.16 Å². The Kier molecular flexibility index (Phi) is 6.81. The number of hydrogen-bond donors (Lipinski definition) is 1. The Labute approximate surface area is 209 Å². The standard InChI is InChI=1S/C27H28N6OS/c1-19-5-8-24(17-20(19)2)33-26(21-11-13-28-14-12-21)30-31-27(33)35-18-25(34)29-22-6-9-23(10-7-22)32-15-3-4-16-32/h5-14,17H,3-4,15-16,18H2,1-2H3,(H,29,34). The lowest BCUT2D eigenvalue weighted by Gasteiger charge is -2.17. The highest BCUT2D eigenvalue weighted by Crippen LogP contribution is 2.29. The molecule has 0 saturated carbocycles. The fourth-order valence-corrected chi connectivity index (χ4v) is 4.96. The maximum absolute atomic E-state index is 12.7. The highest BCUT2D eigenvalue weighted by atomic mass is 32.2. The van der Waals surface area contributed by atoms with E-state index in [0.717, 1.165) is 35.9 Å². The monoisotopic (exact) mass is 484 g/mol. The second-order valence-corrected chi connectivity index (χ2v) is 9.67. The lowest BCUT2D eigenvalue weighted by atomic mass is 10.1. The number of nitrogens with one attached hydrogen (secondary N) is 1. The second kappa shape index (κ2) is 10.3. The van der Waals surface area contributed by atoms with Crippen LogP contribution < -0.4 is 10.2 Å². The molecule has 0 aliphatic carbocycles. The van der Waals surface area contributed by atoms with Crippen LogP contribution in [0.15, 0.2) is 72.1 Å². The number of nitrogens with zero attached hydrogens (tertiary/aromatic N) is 5. The van der Waals surface area contributed by atoms with Gasteiger partial charge in [-0.25, -0.2) is 0 Å². The maximum atomic E-state index is 12.7. The SMILES string of the molecule is Cc1ccc(-n2c(SCC(=O)Nc3ccc(N4CCCC4)cc3)nnc2-c2ccncc2)cc1C. The molecule has 35 heavy (non-hydrogen) atoms. The van der Waals surface area contributed by atoms with E-state index in [1.807, 2.05) is 28.8 Å². The van der Waals surface area contributed by atoms with Crippen LogP contribution in [0.4, 0.5) is 11.4 Å². The van der Waals surface area contributed by atoms with Crippen LogP contribution in [0.2, 0.25) is 0 Å². The Morgan fingerprint density at radius 2 is 1.63 bits per heavy atom. The van der Waals surface area contributed by atoms with E-state index < -0.39 is 0 Å². The summed E-state index contributed by atoms with van der Waals surface area (Å²) in [6.07, 6.45) is 5.96. The number of anilines is 2. The third-order valence-electron chi connectivity index (χ3n) is 6.28. The number of aryl methyl sites for hydroxylation is 2. The fourth-order valence-electron chi connectivity index (χ4n) is 4.21. The minimum absolute atomic E-state index is 0.0796. The van der Waals surface area contributed by atoms with Crippen LogP contribution in [0.5, 0.6) is 0 Å². The van der Waals surface area contributed by atoms with Crippen molar-refractivity contribution in [1.82, 2.24) is 19.7 Å². The molecule has 7 nitrogen and oxygen atoms in total. The van der Waals surface area contributed by atoms with Gasteiger partial charge in [-0.1, -0.05) is 17.8 Å². The van der Waals surface area contributed by atoms with Gasteiger partial charge < -0.3 is 10.2 Å². The van der Waals surface area contributed by atoms with Gasteiger partial charge in [0.25, 0.3) is 0 Å². The van der Waals surface area contributed by atoms with Crippen molar-refractivity contribution in [2.75, 3.05) is 29.1 Å². The first-order valence-corrected chi connectivity index (χ1v) is 12.8. The molecule has 3 heterocycles. The average Bonchev–Trinajstić information content (AvgIpc) is 3.56. The van der Waals surface area contributed by atoms with Gasteiger partial charge in [-0.15, -0.1) is 10.2 Å². The summed E-state index contributed by atoms with van der Waals surface area (Å²) >= 11 is 1.37. The Bertz CT molecular complexity index is 1310. The van der Waals surface area contributed by atoms with Crippen molar-refractivity contribution >= 4 is 29.0 Å². The van der Waals surface area contributed by atoms with Gasteiger partial charge in [-0.3, -0.25) is 14.3 Å². The summed E-state index contributed by atoms with van der Waals surface area (Å²) in [4.78, 5) is 19.2. The molecule has 0 radical (unpaired) electrons. The molecule has 2 aromatic carbocycles. The summed E-state index contributed by atoms with van der Waals surface area (Å²) in [5.41, 5.74) is 6.29. The number of thioether (sulfide) groups is 1. The highest BCUT2D eigenvalue weighted by molar-refractivity contribution is 7.99. The number of rotatable bonds is 7. The average molecular weight is 485 g/mol. The van der Waals surface area contributed by atoms with Crippen molar-refractivity contribution in [1.29, 1.82) is 0 Å². The van der Waals surface area contributed by atoms with E-state index in [-0.39, 0.29) is 11.7 Å². The molecular formula is C27H28N6OS. The largest absolute Gasteiger partial charge is 0.372 e. The molecule has 1 amide bonds. The first-order chi connectivity index (χ1) is 17.1. The van der Waals surface area contributed by atoms with Gasteiger partial charge in [-0.05, 0) is 86.3 Å². The Morgan fingerprint density at radius 1 is 0.914 bits per heavy atom. The summed E-state index contributed by atoms with van der Waals surface area (Å²) < 4.78 is 2.00. The van der Waals surface area contributed by atoms with Crippen molar-refractivity contribution in [2.45, 2.75) is 31.8 Å². The summed E-state index contributed by atoms with van der Waals surface area (Å²) in [5, 5.41) is 12.5. The molecule has 1 aliphatic rings. The number of hydrogen-bond acceptors (Lipinski definition) is 6. The smallest absolute Gasteiger partial charge is 0.234 e. The first kappa shape index (κ1) is 23.1. The van der Waals surface area contributed by atoms with Crippen LogP contribution in [0.25, 0.3) is 17.1 Å². The van der Waals surface area contributed by atoms with Gasteiger partial charge >= 0.3 is 0 Å². The van der Waals surface area contributed by atoms with Gasteiger partial charge in [0.05, 0.1) is 11.4 Å². The molecule has 1 N–H and O–H groups in total. The number of benzene rings is 2. The van der Waals surface area contributed by atoms with Gasteiger partial charge in [0.1, 0.15) is 0 Å². The Balaban J connectivity index is 1.33. The van der Waals surface area contributed by atoms with Crippen LogP contribution in [0.1, 0.15) is 24.0 Å². The molecule has 178 valence electrons. The number of amides is 1. The quantitative estimate of drug-likeness (QED) is 0.360. The predicted molar refractivity (Wildman–Crippen MR) is 141 cm³/mol. The van der Waals surface area contributed by atoms with E-state index in [1.165, 1.54) is 41.4 Å². The summed E-state index contributed by atoms with van der Waals surface area (Å²) in [5.74, 6) is 0.868. The van der Waals surface area contributed by atoms with Crippen molar-refractivity contribution in [3.63, 3.8) is 0 Å². The van der Waals surface area contributed by atoms with Crippen molar-refractivity contribution in [3.8, 4) is 17.1 Å². The van der Waals surface area contributed by atoms with Gasteiger partial charge in [0.15, 0.2) is 11.0 Å². The Morgan fingerprint density at radius 3 is 2.34 bits per heavy atom. The molecule has 0 unspecified atom stereocenters. The number of carbonyl (C=O) groups is 1. The third kappa shape index (κ3) is 5.22. The van der Waals surface area contributed by atoms with Crippen molar-refractivity contribution in [3.05, 3.63) is 78.1 Å². The number of pyridine rings is 1. The van der Waals surface area contributed by atoms with Gasteiger partial charge in [0.2, 0.25) is 5.91 Å². The highest BCUT2D eigenvalue weighted by Gasteiger charge is 2.18. The molecule has 1 saturated heterocycles. The zero-order valence-electron chi connectivity index (χ0n) is 19.9. The van der Waals surface area contributed by atoms with E-state index in [1.54, 1.807) is 12.4 Å². The molecule has 0 bridgehead atoms. The van der Waals surface area contributed by atoms with Crippen LogP contribution in [0, 0.1) is 13.8 Å². The molecular weight excluding hydrogens is 456 g/mol. The van der Waals surface area contributed by atoms with E-state index in [4.69, 9.17) is 0 Å². The molecule has 4 aromatic rings. The molecule has 2 aromatic heterocycles. The molecule has 1 fully saturated rings. The third-order valence-corrected chi connectivity index (χ3v) is 7.20. The molecule has 0 spiro atoms. The van der Waals surface area contributed by atoms with Crippen LogP contribution in [0.3, 0.4) is 0 Å². The van der Waals surface area contributed by atoms with Crippen LogP contribution >= 0.6 is 11.8 Å². The minimum Gasteiger partial charge on any atom is -0.372 e. The second-order valence-electron chi connectivity index (χ2n) is 8.72.